The zero-order valence-electron chi connectivity index (χ0n) is 8.21. The number of nitrogens with one attached hydrogen (secondary N) is 1. The summed E-state index contributed by atoms with van der Waals surface area (Å²) in [6, 6.07) is 2.03. The van der Waals surface area contributed by atoms with Gasteiger partial charge < -0.3 is 5.32 Å². The molecule has 0 aliphatic heterocycles. The smallest absolute Gasteiger partial charge is 0.237 e. The molecular formula is C10H16N2O. The lowest BCUT2D eigenvalue weighted by Gasteiger charge is -2.12. The molecular weight excluding hydrogens is 164 g/mol. The first-order valence-electron chi connectivity index (χ1n) is 4.82. The van der Waals surface area contributed by atoms with E-state index in [4.69, 9.17) is 5.26 Å². The molecule has 0 spiro atoms. The standard InChI is InChI=1S/C10H16N2O/c1-7(2)9(5-11)10(13)12-6-8-3-4-8/h7-9H,3-4,6H2,1-2H3,(H,12,13). The maximum atomic E-state index is 11.4. The molecule has 0 bridgehead atoms. The van der Waals surface area contributed by atoms with Gasteiger partial charge in [-0.2, -0.15) is 5.26 Å². The van der Waals surface area contributed by atoms with Crippen LogP contribution in [0.15, 0.2) is 0 Å². The van der Waals surface area contributed by atoms with Crippen molar-refractivity contribution in [2.45, 2.75) is 26.7 Å². The number of rotatable bonds is 4. The van der Waals surface area contributed by atoms with E-state index in [1.807, 2.05) is 19.9 Å². The van der Waals surface area contributed by atoms with Crippen LogP contribution in [-0.2, 0) is 4.79 Å². The van der Waals surface area contributed by atoms with Crippen LogP contribution in [-0.4, -0.2) is 12.5 Å². The number of carbonyl (C=O) groups is 1. The average molecular weight is 180 g/mol. The van der Waals surface area contributed by atoms with Crippen molar-refractivity contribution in [1.29, 1.82) is 5.26 Å². The van der Waals surface area contributed by atoms with Crippen molar-refractivity contribution >= 4 is 5.91 Å². The van der Waals surface area contributed by atoms with Crippen LogP contribution in [0.2, 0.25) is 0 Å². The Morgan fingerprint density at radius 1 is 1.62 bits per heavy atom. The number of nitrogens with zero attached hydrogens (tertiary/aromatic N) is 1. The van der Waals surface area contributed by atoms with Gasteiger partial charge in [-0.1, -0.05) is 13.8 Å². The summed E-state index contributed by atoms with van der Waals surface area (Å²) < 4.78 is 0. The molecule has 1 aliphatic rings. The summed E-state index contributed by atoms with van der Waals surface area (Å²) in [6.07, 6.45) is 2.44. The predicted molar refractivity (Wildman–Crippen MR) is 49.7 cm³/mol. The number of hydrogen-bond acceptors (Lipinski definition) is 2. The third-order valence-electron chi connectivity index (χ3n) is 2.35. The summed E-state index contributed by atoms with van der Waals surface area (Å²) in [7, 11) is 0. The molecule has 0 aromatic heterocycles. The van der Waals surface area contributed by atoms with Gasteiger partial charge in [-0.25, -0.2) is 0 Å². The quantitative estimate of drug-likeness (QED) is 0.709. The maximum Gasteiger partial charge on any atom is 0.237 e. The van der Waals surface area contributed by atoms with Crippen molar-refractivity contribution in [2.75, 3.05) is 6.54 Å². The van der Waals surface area contributed by atoms with Gasteiger partial charge in [0.1, 0.15) is 5.92 Å². The maximum absolute atomic E-state index is 11.4. The Morgan fingerprint density at radius 2 is 2.23 bits per heavy atom. The van der Waals surface area contributed by atoms with Crippen LogP contribution in [0.3, 0.4) is 0 Å². The molecule has 1 N–H and O–H groups in total. The second kappa shape index (κ2) is 4.27. The summed E-state index contributed by atoms with van der Waals surface area (Å²) in [4.78, 5) is 11.4. The molecule has 72 valence electrons. The lowest BCUT2D eigenvalue weighted by Crippen LogP contribution is -2.33. The van der Waals surface area contributed by atoms with Gasteiger partial charge in [0.05, 0.1) is 6.07 Å². The Labute approximate surface area is 79.1 Å². The van der Waals surface area contributed by atoms with Gasteiger partial charge in [-0.3, -0.25) is 4.79 Å². The SMILES string of the molecule is CC(C)C(C#N)C(=O)NCC1CC1. The Bertz CT molecular complexity index is 226. The van der Waals surface area contributed by atoms with Gasteiger partial charge in [-0.05, 0) is 24.7 Å². The van der Waals surface area contributed by atoms with Crippen molar-refractivity contribution in [1.82, 2.24) is 5.32 Å². The zero-order valence-corrected chi connectivity index (χ0v) is 8.21. The minimum atomic E-state index is -0.487. The summed E-state index contributed by atoms with van der Waals surface area (Å²) in [5.74, 6) is 0.183. The number of hydrogen-bond donors (Lipinski definition) is 1. The van der Waals surface area contributed by atoms with E-state index in [2.05, 4.69) is 5.32 Å². The second-order valence-corrected chi connectivity index (χ2v) is 4.04. The number of nitriles is 1. The molecule has 3 nitrogen and oxygen atoms in total. The van der Waals surface area contributed by atoms with Crippen LogP contribution < -0.4 is 5.32 Å². The zero-order chi connectivity index (χ0) is 9.84. The van der Waals surface area contributed by atoms with Crippen molar-refractivity contribution in [2.24, 2.45) is 17.8 Å². The molecule has 1 atom stereocenters. The molecule has 0 aromatic carbocycles. The molecule has 1 unspecified atom stereocenters. The first-order chi connectivity index (χ1) is 6.15. The molecule has 1 saturated carbocycles. The normalized spacial score (nSPS) is 18.0. The Hall–Kier alpha value is -1.04. The van der Waals surface area contributed by atoms with Crippen LogP contribution in [0.1, 0.15) is 26.7 Å². The fourth-order valence-electron chi connectivity index (χ4n) is 1.19. The molecule has 0 aromatic rings. The lowest BCUT2D eigenvalue weighted by molar-refractivity contribution is -0.124. The fraction of sp³-hybridized carbons (Fsp3) is 0.800. The Balaban J connectivity index is 2.30. The van der Waals surface area contributed by atoms with Crippen LogP contribution >= 0.6 is 0 Å². The van der Waals surface area contributed by atoms with E-state index in [9.17, 15) is 4.79 Å². The highest BCUT2D eigenvalue weighted by atomic mass is 16.1. The van der Waals surface area contributed by atoms with Gasteiger partial charge in [0.15, 0.2) is 0 Å². The van der Waals surface area contributed by atoms with Crippen LogP contribution in [0.5, 0.6) is 0 Å². The summed E-state index contributed by atoms with van der Waals surface area (Å²) in [5.41, 5.74) is 0. The molecule has 0 radical (unpaired) electrons. The van der Waals surface area contributed by atoms with E-state index in [1.165, 1.54) is 12.8 Å². The first kappa shape index (κ1) is 10.0. The molecule has 1 aliphatic carbocycles. The third kappa shape index (κ3) is 3.06. The van der Waals surface area contributed by atoms with E-state index in [0.717, 1.165) is 6.54 Å². The summed E-state index contributed by atoms with van der Waals surface area (Å²) in [5, 5.41) is 11.6. The van der Waals surface area contributed by atoms with Gasteiger partial charge in [0.2, 0.25) is 5.91 Å². The fourth-order valence-corrected chi connectivity index (χ4v) is 1.19. The van der Waals surface area contributed by atoms with Gasteiger partial charge in [0.25, 0.3) is 0 Å². The van der Waals surface area contributed by atoms with Crippen LogP contribution in [0.4, 0.5) is 0 Å². The number of amides is 1. The predicted octanol–water partition coefficient (Wildman–Crippen LogP) is 1.31. The Morgan fingerprint density at radius 3 is 2.62 bits per heavy atom. The van der Waals surface area contributed by atoms with Gasteiger partial charge in [0, 0.05) is 6.54 Å². The minimum Gasteiger partial charge on any atom is -0.355 e. The number of carbonyl (C=O) groups excluding carboxylic acids is 1. The highest BCUT2D eigenvalue weighted by Crippen LogP contribution is 2.27. The van der Waals surface area contributed by atoms with Crippen molar-refractivity contribution < 1.29 is 4.79 Å². The monoisotopic (exact) mass is 180 g/mol. The molecule has 13 heavy (non-hydrogen) atoms. The van der Waals surface area contributed by atoms with E-state index < -0.39 is 5.92 Å². The average Bonchev–Trinajstić information content (AvgIpc) is 2.84. The van der Waals surface area contributed by atoms with Crippen molar-refractivity contribution in [3.8, 4) is 6.07 Å². The van der Waals surface area contributed by atoms with Gasteiger partial charge >= 0.3 is 0 Å². The lowest BCUT2D eigenvalue weighted by atomic mass is 9.97. The van der Waals surface area contributed by atoms with Crippen LogP contribution in [0, 0.1) is 29.1 Å². The molecule has 1 rings (SSSR count). The molecule has 0 heterocycles. The molecule has 0 saturated heterocycles. The van der Waals surface area contributed by atoms with E-state index >= 15 is 0 Å². The van der Waals surface area contributed by atoms with Crippen molar-refractivity contribution in [3.05, 3.63) is 0 Å². The van der Waals surface area contributed by atoms with Gasteiger partial charge in [-0.15, -0.1) is 0 Å². The van der Waals surface area contributed by atoms with E-state index in [-0.39, 0.29) is 11.8 Å². The summed E-state index contributed by atoms with van der Waals surface area (Å²) >= 11 is 0. The third-order valence-corrected chi connectivity index (χ3v) is 2.35. The highest BCUT2D eigenvalue weighted by Gasteiger charge is 2.25. The first-order valence-corrected chi connectivity index (χ1v) is 4.82. The molecule has 1 fully saturated rings. The van der Waals surface area contributed by atoms with Crippen LogP contribution in [0.25, 0.3) is 0 Å². The van der Waals surface area contributed by atoms with E-state index in [0.29, 0.717) is 5.92 Å². The Kier molecular flexibility index (Phi) is 3.30. The largest absolute Gasteiger partial charge is 0.355 e. The summed E-state index contributed by atoms with van der Waals surface area (Å²) in [6.45, 7) is 4.54. The topological polar surface area (TPSA) is 52.9 Å². The molecule has 1 amide bonds. The van der Waals surface area contributed by atoms with E-state index in [1.54, 1.807) is 0 Å². The van der Waals surface area contributed by atoms with Crippen molar-refractivity contribution in [3.63, 3.8) is 0 Å². The second-order valence-electron chi connectivity index (χ2n) is 4.04. The highest BCUT2D eigenvalue weighted by molar-refractivity contribution is 5.81. The molecule has 3 heteroatoms. The minimum absolute atomic E-state index is 0.101.